The fraction of sp³-hybridized carbons (Fsp3) is 0.333. The van der Waals surface area contributed by atoms with Crippen molar-refractivity contribution < 1.29 is 19.2 Å². The van der Waals surface area contributed by atoms with Gasteiger partial charge >= 0.3 is 17.8 Å². The number of carbonyl (C=O) groups is 4. The molecule has 0 spiro atoms. The first-order valence-electron chi connectivity index (χ1n) is 6.91. The van der Waals surface area contributed by atoms with Crippen LogP contribution in [-0.2, 0) is 9.59 Å². The van der Waals surface area contributed by atoms with E-state index in [1.54, 1.807) is 12.1 Å². The molecule has 1 saturated heterocycles. The average Bonchev–Trinajstić information content (AvgIpc) is 2.70. The van der Waals surface area contributed by atoms with Crippen molar-refractivity contribution in [2.45, 2.75) is 19.8 Å². The molecule has 0 aromatic heterocycles. The average molecular weight is 323 g/mol. The molecule has 22 heavy (non-hydrogen) atoms. The number of halogens is 1. The zero-order valence-corrected chi connectivity index (χ0v) is 12.8. The number of nitrogens with zero attached hydrogens (tertiary/aromatic N) is 2. The predicted molar refractivity (Wildman–Crippen MR) is 79.5 cm³/mol. The van der Waals surface area contributed by atoms with Crippen LogP contribution in [0.5, 0.6) is 0 Å². The Labute approximate surface area is 132 Å². The maximum absolute atomic E-state index is 12.1. The summed E-state index contributed by atoms with van der Waals surface area (Å²) in [6.07, 6.45) is 1.40. The van der Waals surface area contributed by atoms with Gasteiger partial charge in [-0.2, -0.15) is 0 Å². The highest BCUT2D eigenvalue weighted by molar-refractivity contribution is 6.45. The smallest absolute Gasteiger partial charge is 0.292 e. The van der Waals surface area contributed by atoms with Crippen molar-refractivity contribution in [2.75, 3.05) is 13.1 Å². The van der Waals surface area contributed by atoms with E-state index >= 15 is 0 Å². The predicted octanol–water partition coefficient (Wildman–Crippen LogP) is 2.11. The number of unbranched alkanes of at least 4 members (excludes halogenated alkanes) is 1. The number of benzene rings is 1. The molecular formula is C15H15ClN2O4. The highest BCUT2D eigenvalue weighted by atomic mass is 35.5. The van der Waals surface area contributed by atoms with Crippen molar-refractivity contribution in [2.24, 2.45) is 0 Å². The van der Waals surface area contributed by atoms with E-state index < -0.39 is 30.2 Å². The Balaban J connectivity index is 2.10. The number of imide groups is 2. The van der Waals surface area contributed by atoms with Gasteiger partial charge in [-0.25, -0.2) is 9.69 Å². The quantitative estimate of drug-likeness (QED) is 0.457. The van der Waals surface area contributed by atoms with E-state index in [1.165, 1.54) is 12.1 Å². The normalized spacial score (nSPS) is 14.9. The van der Waals surface area contributed by atoms with E-state index in [1.807, 2.05) is 6.92 Å². The molecule has 0 N–H and O–H groups in total. The van der Waals surface area contributed by atoms with Crippen molar-refractivity contribution in [3.05, 3.63) is 34.9 Å². The second-order valence-electron chi connectivity index (χ2n) is 4.91. The van der Waals surface area contributed by atoms with Crippen molar-refractivity contribution >= 4 is 35.2 Å². The minimum Gasteiger partial charge on any atom is -0.292 e. The fourth-order valence-electron chi connectivity index (χ4n) is 2.07. The molecule has 0 aliphatic carbocycles. The molecule has 7 heteroatoms. The van der Waals surface area contributed by atoms with Crippen molar-refractivity contribution in [1.82, 2.24) is 9.80 Å². The number of urea groups is 1. The molecule has 0 atom stereocenters. The highest BCUT2D eigenvalue weighted by Crippen LogP contribution is 2.15. The van der Waals surface area contributed by atoms with Crippen LogP contribution in [0.4, 0.5) is 4.79 Å². The fourth-order valence-corrected chi connectivity index (χ4v) is 2.20. The molecule has 0 bridgehead atoms. The van der Waals surface area contributed by atoms with E-state index in [-0.39, 0.29) is 6.54 Å². The molecule has 0 radical (unpaired) electrons. The van der Waals surface area contributed by atoms with Crippen molar-refractivity contribution in [3.63, 3.8) is 0 Å². The van der Waals surface area contributed by atoms with Crippen LogP contribution in [0.2, 0.25) is 5.02 Å². The Hall–Kier alpha value is -2.21. The molecule has 2 rings (SSSR count). The van der Waals surface area contributed by atoms with Crippen LogP contribution >= 0.6 is 11.6 Å². The zero-order valence-electron chi connectivity index (χ0n) is 12.0. The van der Waals surface area contributed by atoms with Crippen LogP contribution in [0.15, 0.2) is 24.3 Å². The number of hydrogen-bond donors (Lipinski definition) is 0. The van der Waals surface area contributed by atoms with Gasteiger partial charge in [0, 0.05) is 17.1 Å². The second-order valence-corrected chi connectivity index (χ2v) is 5.35. The van der Waals surface area contributed by atoms with E-state index in [0.717, 1.165) is 11.3 Å². The Bertz CT molecular complexity index is 627. The lowest BCUT2D eigenvalue weighted by molar-refractivity contribution is -0.143. The van der Waals surface area contributed by atoms with Crippen LogP contribution in [-0.4, -0.2) is 46.5 Å². The highest BCUT2D eigenvalue weighted by Gasteiger charge is 2.44. The van der Waals surface area contributed by atoms with Crippen LogP contribution in [0.1, 0.15) is 30.1 Å². The number of carbonyl (C=O) groups excluding carboxylic acids is 4. The van der Waals surface area contributed by atoms with Crippen molar-refractivity contribution in [3.8, 4) is 0 Å². The number of amides is 4. The molecule has 1 aromatic carbocycles. The molecule has 4 amide bonds. The van der Waals surface area contributed by atoms with Gasteiger partial charge in [0.05, 0.1) is 6.54 Å². The molecule has 0 unspecified atom stereocenters. The van der Waals surface area contributed by atoms with Gasteiger partial charge in [0.1, 0.15) is 0 Å². The molecule has 1 heterocycles. The minimum absolute atomic E-state index is 0.186. The van der Waals surface area contributed by atoms with E-state index in [9.17, 15) is 19.2 Å². The van der Waals surface area contributed by atoms with E-state index in [0.29, 0.717) is 21.9 Å². The first-order chi connectivity index (χ1) is 10.5. The number of ketones is 1. The third-order valence-electron chi connectivity index (χ3n) is 3.34. The third kappa shape index (κ3) is 3.17. The molecular weight excluding hydrogens is 308 g/mol. The summed E-state index contributed by atoms with van der Waals surface area (Å²) >= 11 is 5.74. The Morgan fingerprint density at radius 3 is 2.23 bits per heavy atom. The Morgan fingerprint density at radius 1 is 1.05 bits per heavy atom. The number of Topliss-reactive ketones (excluding diaryl/α,β-unsaturated/α-hetero) is 1. The standard InChI is InChI=1S/C15H15ClN2O4/c1-2-3-8-17-13(20)14(21)18(15(17)22)9-12(19)10-4-6-11(16)7-5-10/h4-7H,2-3,8-9H2,1H3. The van der Waals surface area contributed by atoms with Gasteiger partial charge in [-0.1, -0.05) is 24.9 Å². The monoisotopic (exact) mass is 322 g/mol. The maximum Gasteiger partial charge on any atom is 0.334 e. The van der Waals surface area contributed by atoms with E-state index in [2.05, 4.69) is 0 Å². The summed E-state index contributed by atoms with van der Waals surface area (Å²) in [7, 11) is 0. The second kappa shape index (κ2) is 6.70. The SMILES string of the molecule is CCCCN1C(=O)C(=O)N(CC(=O)c2ccc(Cl)cc2)C1=O. The minimum atomic E-state index is -0.955. The van der Waals surface area contributed by atoms with Crippen molar-refractivity contribution in [1.29, 1.82) is 0 Å². The lowest BCUT2D eigenvalue weighted by atomic mass is 10.1. The first kappa shape index (κ1) is 16.2. The summed E-state index contributed by atoms with van der Waals surface area (Å²) in [6, 6.07) is 5.37. The topological polar surface area (TPSA) is 74.8 Å². The molecule has 1 aliphatic rings. The lowest BCUT2D eigenvalue weighted by Crippen LogP contribution is -2.37. The summed E-state index contributed by atoms with van der Waals surface area (Å²) in [5.41, 5.74) is 0.324. The van der Waals surface area contributed by atoms with Crippen LogP contribution in [0.25, 0.3) is 0 Å². The summed E-state index contributed by atoms with van der Waals surface area (Å²) in [4.78, 5) is 49.4. The molecule has 1 aliphatic heterocycles. The summed E-state index contributed by atoms with van der Waals surface area (Å²) in [5.74, 6) is -2.26. The summed E-state index contributed by atoms with van der Waals surface area (Å²) in [6.45, 7) is 1.65. The summed E-state index contributed by atoms with van der Waals surface area (Å²) < 4.78 is 0. The molecule has 0 saturated carbocycles. The molecule has 116 valence electrons. The zero-order chi connectivity index (χ0) is 16.3. The summed E-state index contributed by atoms with van der Waals surface area (Å²) in [5, 5.41) is 0.478. The van der Waals surface area contributed by atoms with Crippen LogP contribution in [0.3, 0.4) is 0 Å². The number of hydrogen-bond acceptors (Lipinski definition) is 4. The first-order valence-corrected chi connectivity index (χ1v) is 7.29. The van der Waals surface area contributed by atoms with Gasteiger partial charge in [-0.3, -0.25) is 19.3 Å². The van der Waals surface area contributed by atoms with Gasteiger partial charge < -0.3 is 0 Å². The Kier molecular flexibility index (Phi) is 4.92. The Morgan fingerprint density at radius 2 is 1.64 bits per heavy atom. The largest absolute Gasteiger partial charge is 0.334 e. The molecule has 1 aromatic rings. The third-order valence-corrected chi connectivity index (χ3v) is 3.59. The van der Waals surface area contributed by atoms with Gasteiger partial charge in [-0.05, 0) is 30.7 Å². The van der Waals surface area contributed by atoms with E-state index in [4.69, 9.17) is 11.6 Å². The molecule has 6 nitrogen and oxygen atoms in total. The number of rotatable bonds is 6. The van der Waals surface area contributed by atoms with Crippen LogP contribution < -0.4 is 0 Å². The van der Waals surface area contributed by atoms with Crippen LogP contribution in [0, 0.1) is 0 Å². The lowest BCUT2D eigenvalue weighted by Gasteiger charge is -2.14. The van der Waals surface area contributed by atoms with Gasteiger partial charge in [0.25, 0.3) is 0 Å². The molecule has 1 fully saturated rings. The van der Waals surface area contributed by atoms with Gasteiger partial charge in [0.2, 0.25) is 0 Å². The van der Waals surface area contributed by atoms with Gasteiger partial charge in [0.15, 0.2) is 5.78 Å². The van der Waals surface area contributed by atoms with Gasteiger partial charge in [-0.15, -0.1) is 0 Å². The maximum atomic E-state index is 12.1.